The predicted octanol–water partition coefficient (Wildman–Crippen LogP) is 5.13. The van der Waals surface area contributed by atoms with Crippen molar-refractivity contribution in [3.63, 3.8) is 0 Å². The van der Waals surface area contributed by atoms with E-state index in [-0.39, 0.29) is 49.0 Å². The first-order valence-electron chi connectivity index (χ1n) is 16.8. The number of fused-ring (bicyclic) bond motifs is 3. The topological polar surface area (TPSA) is 136 Å². The summed E-state index contributed by atoms with van der Waals surface area (Å²) in [6.45, 7) is 0.178. The lowest BCUT2D eigenvalue weighted by atomic mass is 9.90. The zero-order chi connectivity index (χ0) is 32.6. The number of amides is 2. The van der Waals surface area contributed by atoms with E-state index in [1.54, 1.807) is 11.0 Å². The molecule has 3 heterocycles. The Kier molecular flexibility index (Phi) is 8.67. The van der Waals surface area contributed by atoms with E-state index in [9.17, 15) is 22.8 Å². The Morgan fingerprint density at radius 3 is 2.60 bits per heavy atom. The molecule has 0 radical (unpaired) electrons. The van der Waals surface area contributed by atoms with Crippen LogP contribution in [0.15, 0.2) is 71.2 Å². The molecule has 2 aliphatic carbocycles. The second-order valence-electron chi connectivity index (χ2n) is 13.7. The Labute approximate surface area is 275 Å². The van der Waals surface area contributed by atoms with Crippen LogP contribution in [0.25, 0.3) is 11.1 Å². The fourth-order valence-electron chi connectivity index (χ4n) is 7.26. The van der Waals surface area contributed by atoms with Crippen LogP contribution in [0.3, 0.4) is 0 Å². The highest BCUT2D eigenvalue weighted by Crippen LogP contribution is 2.57. The number of sulfonamides is 1. The quantitative estimate of drug-likeness (QED) is 0.345. The van der Waals surface area contributed by atoms with Crippen LogP contribution in [0.4, 0.5) is 0 Å². The zero-order valence-corrected chi connectivity index (χ0v) is 27.2. The smallest absolute Gasteiger partial charge is 0.394 e. The third-order valence-electron chi connectivity index (χ3n) is 10.2. The molecule has 1 saturated heterocycles. The largest absolute Gasteiger partial charge is 0.445 e. The summed E-state index contributed by atoms with van der Waals surface area (Å²) in [7, 11) is -3.79. The van der Waals surface area contributed by atoms with Crippen LogP contribution in [0, 0.1) is 17.3 Å². The molecule has 11 heteroatoms. The average Bonchev–Trinajstić information content (AvgIpc) is 3.95. The van der Waals surface area contributed by atoms with Gasteiger partial charge in [0.05, 0.1) is 23.3 Å². The van der Waals surface area contributed by atoms with Gasteiger partial charge >= 0.3 is 6.08 Å². The van der Waals surface area contributed by atoms with Crippen molar-refractivity contribution in [2.75, 3.05) is 6.54 Å². The summed E-state index contributed by atoms with van der Waals surface area (Å²) in [6.07, 6.45) is 9.92. The number of nitrogens with one attached hydrogen (secondary N) is 1. The highest BCUT2D eigenvalue weighted by Gasteiger charge is 2.61. The molecule has 3 aromatic rings. The second kappa shape index (κ2) is 12.9. The van der Waals surface area contributed by atoms with Gasteiger partial charge in [0.25, 0.3) is 0 Å². The summed E-state index contributed by atoms with van der Waals surface area (Å²) in [5.74, 6) is -1.55. The molecule has 1 aromatic heterocycles. The number of benzene rings is 2. The molecule has 2 aliphatic heterocycles. The lowest BCUT2D eigenvalue weighted by Gasteiger charge is -2.29. The van der Waals surface area contributed by atoms with E-state index in [2.05, 4.69) is 15.8 Å². The van der Waals surface area contributed by atoms with Crippen LogP contribution < -0.4 is 9.46 Å². The number of hydrogen-bond acceptors (Lipinski definition) is 8. The summed E-state index contributed by atoms with van der Waals surface area (Å²) < 4.78 is 39.8. The number of ether oxygens (including phenoxy) is 1. The maximum atomic E-state index is 14.4. The van der Waals surface area contributed by atoms with E-state index < -0.39 is 38.7 Å². The number of oxazole rings is 1. The normalized spacial score (nSPS) is 29.3. The van der Waals surface area contributed by atoms with E-state index >= 15 is 0 Å². The van der Waals surface area contributed by atoms with E-state index in [0.29, 0.717) is 43.2 Å². The van der Waals surface area contributed by atoms with Gasteiger partial charge in [-0.3, -0.25) is 19.1 Å². The zero-order valence-electron chi connectivity index (χ0n) is 26.4. The average molecular weight is 660 g/mol. The number of hydrogen-bond donors (Lipinski definition) is 1. The van der Waals surface area contributed by atoms with Crippen molar-refractivity contribution < 1.29 is 32.0 Å². The minimum Gasteiger partial charge on any atom is -0.445 e. The van der Waals surface area contributed by atoms with Gasteiger partial charge in [-0.2, -0.15) is 4.98 Å². The number of para-hydroxylation sites is 2. The summed E-state index contributed by atoms with van der Waals surface area (Å²) in [4.78, 5) is 48.5. The fourth-order valence-corrected chi connectivity index (χ4v) is 8.65. The van der Waals surface area contributed by atoms with Crippen molar-refractivity contribution in [2.45, 2.75) is 88.0 Å². The maximum Gasteiger partial charge on any atom is 0.394 e. The Balaban J connectivity index is 1.18. The van der Waals surface area contributed by atoms with Gasteiger partial charge in [-0.1, -0.05) is 67.5 Å². The van der Waals surface area contributed by atoms with Crippen LogP contribution >= 0.6 is 0 Å². The number of allylic oxidation sites excluding steroid dienone is 2. The van der Waals surface area contributed by atoms with Crippen molar-refractivity contribution in [1.29, 1.82) is 0 Å². The Morgan fingerprint density at radius 1 is 1.02 bits per heavy atom. The van der Waals surface area contributed by atoms with E-state index in [4.69, 9.17) is 9.15 Å². The molecule has 1 N–H and O–H groups in total. The number of carbonyl (C=O) groups excluding carboxylic acids is 3. The summed E-state index contributed by atoms with van der Waals surface area (Å²) in [5, 5.41) is -0.553. The number of nitrogens with zero attached hydrogens (tertiary/aromatic N) is 2. The second-order valence-corrected chi connectivity index (χ2v) is 15.6. The molecule has 5 atom stereocenters. The predicted molar refractivity (Wildman–Crippen MR) is 175 cm³/mol. The number of aromatic nitrogens is 1. The molecule has 248 valence electrons. The van der Waals surface area contributed by atoms with Crippen LogP contribution in [0.5, 0.6) is 6.08 Å². The van der Waals surface area contributed by atoms with Crippen molar-refractivity contribution in [3.8, 4) is 6.08 Å². The molecule has 7 rings (SSSR count). The van der Waals surface area contributed by atoms with E-state index in [0.717, 1.165) is 31.2 Å². The summed E-state index contributed by atoms with van der Waals surface area (Å²) in [5.41, 5.74) is 1.12. The molecular weight excluding hydrogens is 618 g/mol. The van der Waals surface area contributed by atoms with Crippen LogP contribution in [0.1, 0.15) is 69.8 Å². The first-order valence-corrected chi connectivity index (χ1v) is 18.4. The minimum atomic E-state index is -3.79. The molecule has 47 heavy (non-hydrogen) atoms. The van der Waals surface area contributed by atoms with Gasteiger partial charge in [0, 0.05) is 18.8 Å². The minimum absolute atomic E-state index is 0.0770. The highest BCUT2D eigenvalue weighted by atomic mass is 32.2. The number of rotatable bonds is 7. The SMILES string of the molecule is O=C1C[C@]2(C(=O)NS(=O)(=O)C3CC3)C[C@@H]2/C=C\CCCCC[C@H](Cc2ccccc2)C(=O)N2C[C@H](Oc3nc4ccccc4o3)C[C@@H]12. The molecule has 0 unspecified atom stereocenters. The molecule has 2 saturated carbocycles. The first kappa shape index (κ1) is 31.6. The van der Waals surface area contributed by atoms with Crippen molar-refractivity contribution in [3.05, 3.63) is 72.3 Å². The van der Waals surface area contributed by atoms with E-state index in [1.807, 2.05) is 54.6 Å². The first-order chi connectivity index (χ1) is 22.7. The molecule has 4 aliphatic rings. The van der Waals surface area contributed by atoms with Crippen LogP contribution in [-0.4, -0.2) is 59.8 Å². The molecule has 10 nitrogen and oxygen atoms in total. The molecule has 2 amide bonds. The van der Waals surface area contributed by atoms with Crippen molar-refractivity contribution >= 4 is 38.7 Å². The summed E-state index contributed by atoms with van der Waals surface area (Å²) >= 11 is 0. The molecule has 0 bridgehead atoms. The monoisotopic (exact) mass is 659 g/mol. The number of ketones is 1. The highest BCUT2D eigenvalue weighted by molar-refractivity contribution is 7.90. The molecule has 0 spiro atoms. The lowest BCUT2D eigenvalue weighted by Crippen LogP contribution is -2.46. The third-order valence-corrected chi connectivity index (χ3v) is 12.0. The lowest BCUT2D eigenvalue weighted by molar-refractivity contribution is -0.142. The van der Waals surface area contributed by atoms with Crippen LogP contribution in [0.2, 0.25) is 0 Å². The van der Waals surface area contributed by atoms with Gasteiger partial charge in [-0.15, -0.1) is 0 Å². The van der Waals surface area contributed by atoms with Gasteiger partial charge in [-0.25, -0.2) is 8.42 Å². The van der Waals surface area contributed by atoms with Gasteiger partial charge in [-0.05, 0) is 68.6 Å². The molecule has 2 aromatic carbocycles. The Hall–Kier alpha value is -3.99. The third kappa shape index (κ3) is 6.86. The summed E-state index contributed by atoms with van der Waals surface area (Å²) in [6, 6.07) is 16.4. The van der Waals surface area contributed by atoms with Crippen molar-refractivity contribution in [1.82, 2.24) is 14.6 Å². The standard InChI is InChI=1S/C36H41N3O7S/c40-31-22-36(34(42)38-47(43,44)28-17-18-28)21-26(36)14-8-3-1-2-7-13-25(19-24-11-5-4-6-12-24)33(41)39-23-27(20-30(31)39)45-35-37-29-15-9-10-16-32(29)46-35/h4-6,8-12,14-16,25-28,30H,1-3,7,13,17-23H2,(H,38,42)/b14-8-/t25-,26+,27-,30+,36-/m1/s1. The van der Waals surface area contributed by atoms with E-state index in [1.165, 1.54) is 0 Å². The van der Waals surface area contributed by atoms with Crippen molar-refractivity contribution in [2.24, 2.45) is 17.3 Å². The Bertz CT molecular complexity index is 1750. The molecular formula is C36H41N3O7S. The van der Waals surface area contributed by atoms with Crippen LogP contribution in [-0.2, 0) is 30.8 Å². The van der Waals surface area contributed by atoms with Gasteiger partial charge in [0.15, 0.2) is 11.4 Å². The Morgan fingerprint density at radius 2 is 1.81 bits per heavy atom. The maximum absolute atomic E-state index is 14.4. The fraction of sp³-hybridized carbons (Fsp3) is 0.500. The number of carbonyl (C=O) groups is 3. The van der Waals surface area contributed by atoms with Gasteiger partial charge < -0.3 is 14.1 Å². The van der Waals surface area contributed by atoms with Gasteiger partial charge in [0.1, 0.15) is 11.6 Å². The number of Topliss-reactive ketones (excluding diaryl/α,β-unsaturated/α-hetero) is 1. The van der Waals surface area contributed by atoms with Gasteiger partial charge in [0.2, 0.25) is 21.8 Å². The molecule has 3 fully saturated rings.